The van der Waals surface area contributed by atoms with Crippen molar-refractivity contribution in [1.29, 1.82) is 0 Å². The number of nitrogens with zero attached hydrogens (tertiary/aromatic N) is 2. The summed E-state index contributed by atoms with van der Waals surface area (Å²) in [5, 5.41) is 6.67. The molecule has 2 unspecified atom stereocenters. The number of amides is 1. The van der Waals surface area contributed by atoms with Gasteiger partial charge in [-0.1, -0.05) is 42.5 Å². The van der Waals surface area contributed by atoms with Crippen molar-refractivity contribution >= 4 is 17.7 Å². The summed E-state index contributed by atoms with van der Waals surface area (Å²) in [5.74, 6) is 1.71. The lowest BCUT2D eigenvalue weighted by Gasteiger charge is -2.29. The van der Waals surface area contributed by atoms with Gasteiger partial charge < -0.3 is 9.47 Å². The zero-order valence-electron chi connectivity index (χ0n) is 19.5. The van der Waals surface area contributed by atoms with Crippen molar-refractivity contribution in [1.82, 2.24) is 5.01 Å². The molecular weight excluding hydrogens is 424 g/mol. The van der Waals surface area contributed by atoms with Crippen LogP contribution in [0.15, 0.2) is 89.5 Å². The number of ether oxygens (including phenoxy) is 2. The van der Waals surface area contributed by atoms with Crippen LogP contribution >= 0.6 is 0 Å². The molecule has 0 aromatic heterocycles. The first-order chi connectivity index (χ1) is 16.7. The number of hydrogen-bond acceptors (Lipinski definition) is 4. The summed E-state index contributed by atoms with van der Waals surface area (Å²) in [6.07, 6.45) is 5.20. The van der Waals surface area contributed by atoms with Crippen LogP contribution in [-0.4, -0.2) is 30.8 Å². The summed E-state index contributed by atoms with van der Waals surface area (Å²) in [6.45, 7) is 0. The fourth-order valence-corrected chi connectivity index (χ4v) is 4.92. The Hall–Kier alpha value is -3.86. The largest absolute Gasteiger partial charge is 0.497 e. The molecule has 1 amide bonds. The molecule has 2 aliphatic rings. The van der Waals surface area contributed by atoms with Crippen LogP contribution in [0, 0.1) is 5.92 Å². The van der Waals surface area contributed by atoms with Crippen molar-refractivity contribution in [3.63, 3.8) is 0 Å². The SMILES string of the molecule is COc1ccc(C=C2CCCC3C2=NN(C(=O)c2ccccc2)C3c2ccc(OC)cc2)cc1. The molecule has 1 saturated carbocycles. The molecule has 2 atom stereocenters. The molecule has 1 heterocycles. The monoisotopic (exact) mass is 452 g/mol. The Morgan fingerprint density at radius 2 is 1.56 bits per heavy atom. The van der Waals surface area contributed by atoms with Crippen LogP contribution in [0.1, 0.15) is 46.8 Å². The van der Waals surface area contributed by atoms with E-state index < -0.39 is 0 Å². The maximum atomic E-state index is 13.6. The zero-order chi connectivity index (χ0) is 23.5. The predicted octanol–water partition coefficient (Wildman–Crippen LogP) is 6.14. The number of methoxy groups -OCH3 is 2. The van der Waals surface area contributed by atoms with Gasteiger partial charge in [0.05, 0.1) is 26.0 Å². The second-order valence-corrected chi connectivity index (χ2v) is 8.66. The first-order valence-corrected chi connectivity index (χ1v) is 11.6. The number of hydrazone groups is 1. The third-order valence-electron chi connectivity index (χ3n) is 6.64. The molecule has 5 heteroatoms. The molecule has 3 aromatic carbocycles. The van der Waals surface area contributed by atoms with Crippen LogP contribution in [0.4, 0.5) is 0 Å². The van der Waals surface area contributed by atoms with Crippen LogP contribution in [0.5, 0.6) is 11.5 Å². The van der Waals surface area contributed by atoms with E-state index in [9.17, 15) is 4.79 Å². The first-order valence-electron chi connectivity index (χ1n) is 11.6. The van der Waals surface area contributed by atoms with E-state index in [0.717, 1.165) is 47.6 Å². The molecule has 1 aliphatic carbocycles. The molecule has 1 fully saturated rings. The average Bonchev–Trinajstić information content (AvgIpc) is 3.30. The Kier molecular flexibility index (Phi) is 6.17. The van der Waals surface area contributed by atoms with Crippen LogP contribution in [0.2, 0.25) is 0 Å². The Balaban J connectivity index is 1.55. The molecule has 34 heavy (non-hydrogen) atoms. The minimum Gasteiger partial charge on any atom is -0.497 e. The third-order valence-corrected chi connectivity index (χ3v) is 6.64. The number of carbonyl (C=O) groups excluding carboxylic acids is 1. The van der Waals surface area contributed by atoms with Gasteiger partial charge in [0.2, 0.25) is 0 Å². The highest BCUT2D eigenvalue weighted by Crippen LogP contribution is 2.45. The second-order valence-electron chi connectivity index (χ2n) is 8.66. The number of benzene rings is 3. The maximum absolute atomic E-state index is 13.6. The number of allylic oxidation sites excluding steroid dienone is 1. The summed E-state index contributed by atoms with van der Waals surface area (Å²) in [7, 11) is 3.33. The normalized spacial score (nSPS) is 20.6. The molecule has 0 spiro atoms. The van der Waals surface area contributed by atoms with E-state index in [1.54, 1.807) is 19.2 Å². The van der Waals surface area contributed by atoms with E-state index in [1.807, 2.05) is 54.6 Å². The molecule has 5 rings (SSSR count). The van der Waals surface area contributed by atoms with Gasteiger partial charge in [-0.2, -0.15) is 5.10 Å². The van der Waals surface area contributed by atoms with Crippen LogP contribution in [-0.2, 0) is 0 Å². The lowest BCUT2D eigenvalue weighted by atomic mass is 9.77. The smallest absolute Gasteiger partial charge is 0.274 e. The molecule has 0 bridgehead atoms. The van der Waals surface area contributed by atoms with Crippen molar-refractivity contribution in [2.75, 3.05) is 14.2 Å². The van der Waals surface area contributed by atoms with Crippen LogP contribution in [0.25, 0.3) is 6.08 Å². The molecule has 172 valence electrons. The standard InChI is InChI=1S/C29H28N2O3/c1-33-24-15-11-20(12-16-24)19-23-9-6-10-26-27(23)30-31(29(32)22-7-4-3-5-8-22)28(26)21-13-17-25(34-2)18-14-21/h3-5,7-8,11-19,26,28H,6,9-10H2,1-2H3. The summed E-state index contributed by atoms with van der Waals surface area (Å²) in [6, 6.07) is 25.3. The molecule has 0 radical (unpaired) electrons. The molecule has 5 nitrogen and oxygen atoms in total. The molecule has 0 N–H and O–H groups in total. The number of fused-ring (bicyclic) bond motifs is 1. The predicted molar refractivity (Wildman–Crippen MR) is 134 cm³/mol. The van der Waals surface area contributed by atoms with Crippen molar-refractivity contribution in [3.05, 3.63) is 101 Å². The Labute approximate surface area is 200 Å². The van der Waals surface area contributed by atoms with Gasteiger partial charge in [0.25, 0.3) is 5.91 Å². The topological polar surface area (TPSA) is 51.1 Å². The van der Waals surface area contributed by atoms with Gasteiger partial charge >= 0.3 is 0 Å². The van der Waals surface area contributed by atoms with Crippen LogP contribution in [0.3, 0.4) is 0 Å². The van der Waals surface area contributed by atoms with Gasteiger partial charge in [-0.15, -0.1) is 0 Å². The Morgan fingerprint density at radius 3 is 2.21 bits per heavy atom. The lowest BCUT2D eigenvalue weighted by Crippen LogP contribution is -2.31. The van der Waals surface area contributed by atoms with Gasteiger partial charge in [-0.3, -0.25) is 4.79 Å². The van der Waals surface area contributed by atoms with Gasteiger partial charge in [0.1, 0.15) is 11.5 Å². The number of hydrogen-bond donors (Lipinski definition) is 0. The Bertz CT molecular complexity index is 1210. The quantitative estimate of drug-likeness (QED) is 0.467. The minimum absolute atomic E-state index is 0.0767. The van der Waals surface area contributed by atoms with E-state index in [4.69, 9.17) is 14.6 Å². The summed E-state index contributed by atoms with van der Waals surface area (Å²) in [4.78, 5) is 13.6. The fraction of sp³-hybridized carbons (Fsp3) is 0.241. The highest BCUT2D eigenvalue weighted by Gasteiger charge is 2.43. The number of carbonyl (C=O) groups is 1. The third kappa shape index (κ3) is 4.21. The van der Waals surface area contributed by atoms with E-state index in [1.165, 1.54) is 5.57 Å². The van der Waals surface area contributed by atoms with E-state index in [-0.39, 0.29) is 17.9 Å². The van der Waals surface area contributed by atoms with E-state index >= 15 is 0 Å². The molecule has 1 aliphatic heterocycles. The van der Waals surface area contributed by atoms with Crippen molar-refractivity contribution in [2.24, 2.45) is 11.0 Å². The minimum atomic E-state index is -0.145. The molecule has 0 saturated heterocycles. The van der Waals surface area contributed by atoms with Gasteiger partial charge in [0, 0.05) is 11.5 Å². The Morgan fingerprint density at radius 1 is 0.912 bits per heavy atom. The summed E-state index contributed by atoms with van der Waals surface area (Å²) < 4.78 is 10.6. The first kappa shape index (κ1) is 22.0. The molecular formula is C29H28N2O3. The zero-order valence-corrected chi connectivity index (χ0v) is 19.5. The van der Waals surface area contributed by atoms with E-state index in [0.29, 0.717) is 5.56 Å². The lowest BCUT2D eigenvalue weighted by molar-refractivity contribution is 0.0681. The van der Waals surface area contributed by atoms with Crippen molar-refractivity contribution < 1.29 is 14.3 Å². The average molecular weight is 453 g/mol. The molecule has 3 aromatic rings. The summed E-state index contributed by atoms with van der Waals surface area (Å²) >= 11 is 0. The highest BCUT2D eigenvalue weighted by atomic mass is 16.5. The van der Waals surface area contributed by atoms with Gasteiger partial charge in [0.15, 0.2) is 0 Å². The summed E-state index contributed by atoms with van der Waals surface area (Å²) in [5.41, 5.74) is 5.03. The number of rotatable bonds is 5. The van der Waals surface area contributed by atoms with Crippen molar-refractivity contribution in [2.45, 2.75) is 25.3 Å². The second kappa shape index (κ2) is 9.56. The van der Waals surface area contributed by atoms with Crippen LogP contribution < -0.4 is 9.47 Å². The fourth-order valence-electron chi connectivity index (χ4n) is 4.92. The van der Waals surface area contributed by atoms with Crippen molar-refractivity contribution in [3.8, 4) is 11.5 Å². The van der Waals surface area contributed by atoms with E-state index in [2.05, 4.69) is 30.3 Å². The van der Waals surface area contributed by atoms with Gasteiger partial charge in [-0.25, -0.2) is 5.01 Å². The highest BCUT2D eigenvalue weighted by molar-refractivity contribution is 6.09. The maximum Gasteiger partial charge on any atom is 0.274 e. The van der Waals surface area contributed by atoms with Gasteiger partial charge in [-0.05, 0) is 78.4 Å².